The Balaban J connectivity index is 1.35. The fraction of sp³-hybridized carbons (Fsp3) is 0.355. The van der Waals surface area contributed by atoms with Crippen LogP contribution in [0.1, 0.15) is 42.4 Å². The summed E-state index contributed by atoms with van der Waals surface area (Å²) in [7, 11) is 0. The van der Waals surface area contributed by atoms with Crippen LogP contribution in [-0.2, 0) is 20.7 Å². The highest BCUT2D eigenvalue weighted by atomic mass is 16.7. The highest BCUT2D eigenvalue weighted by Crippen LogP contribution is 2.45. The van der Waals surface area contributed by atoms with E-state index in [1.165, 1.54) is 40.6 Å². The predicted molar refractivity (Wildman–Crippen MR) is 154 cm³/mol. The number of ether oxygens (including phenoxy) is 2. The zero-order chi connectivity index (χ0) is 28.8. The molecule has 0 bridgehead atoms. The van der Waals surface area contributed by atoms with E-state index < -0.39 is 11.2 Å². The summed E-state index contributed by atoms with van der Waals surface area (Å²) in [5.74, 6) is 0.105. The van der Waals surface area contributed by atoms with Crippen LogP contribution in [0.4, 0.5) is 11.5 Å². The van der Waals surface area contributed by atoms with Crippen molar-refractivity contribution in [3.8, 4) is 11.1 Å². The Bertz CT molecular complexity index is 1420. The summed E-state index contributed by atoms with van der Waals surface area (Å²) < 4.78 is 12.2. The van der Waals surface area contributed by atoms with Crippen molar-refractivity contribution in [2.24, 2.45) is 5.92 Å². The SMILES string of the molecule is CCO[C@H]1OC(C(=O)NCCNc2ccc([N+](=O)[O-])cn2)=C[C@@H](c2cccc3c2Cc2ccccc2-3)[C@@H]1CCCO. The first-order valence-electron chi connectivity index (χ1n) is 13.9. The van der Waals surface area contributed by atoms with E-state index in [9.17, 15) is 20.0 Å². The first-order chi connectivity index (χ1) is 20.0. The number of hydrogen-bond acceptors (Lipinski definition) is 8. The molecule has 3 N–H and O–H groups in total. The third-order valence-corrected chi connectivity index (χ3v) is 7.56. The molecular weight excluding hydrogens is 524 g/mol. The number of aliphatic hydroxyl groups excluding tert-OH is 1. The lowest BCUT2D eigenvalue weighted by molar-refractivity contribution is -0.385. The summed E-state index contributed by atoms with van der Waals surface area (Å²) >= 11 is 0. The summed E-state index contributed by atoms with van der Waals surface area (Å²) in [4.78, 5) is 27.6. The molecule has 5 rings (SSSR count). The van der Waals surface area contributed by atoms with Crippen molar-refractivity contribution in [2.75, 3.05) is 31.6 Å². The lowest BCUT2D eigenvalue weighted by Gasteiger charge is -2.37. The summed E-state index contributed by atoms with van der Waals surface area (Å²) in [6.07, 6.45) is 4.55. The Morgan fingerprint density at radius 1 is 1.15 bits per heavy atom. The molecule has 2 heterocycles. The Morgan fingerprint density at radius 2 is 1.98 bits per heavy atom. The van der Waals surface area contributed by atoms with E-state index in [0.29, 0.717) is 31.8 Å². The maximum Gasteiger partial charge on any atom is 0.287 e. The van der Waals surface area contributed by atoms with Gasteiger partial charge in [0, 0.05) is 44.2 Å². The predicted octanol–water partition coefficient (Wildman–Crippen LogP) is 4.54. The summed E-state index contributed by atoms with van der Waals surface area (Å²) in [5, 5.41) is 26.4. The highest BCUT2D eigenvalue weighted by Gasteiger charge is 2.39. The Morgan fingerprint density at radius 3 is 2.73 bits per heavy atom. The van der Waals surface area contributed by atoms with Crippen molar-refractivity contribution in [1.82, 2.24) is 10.3 Å². The van der Waals surface area contributed by atoms with Gasteiger partial charge in [-0.05, 0) is 66.1 Å². The van der Waals surface area contributed by atoms with Crippen molar-refractivity contribution in [3.05, 3.63) is 99.4 Å². The highest BCUT2D eigenvalue weighted by molar-refractivity contribution is 5.92. The molecule has 0 saturated heterocycles. The van der Waals surface area contributed by atoms with Gasteiger partial charge in [-0.25, -0.2) is 4.98 Å². The number of allylic oxidation sites excluding steroid dienone is 1. The molecule has 3 aromatic rings. The summed E-state index contributed by atoms with van der Waals surface area (Å²) in [5.41, 5.74) is 6.04. The maximum absolute atomic E-state index is 13.3. The van der Waals surface area contributed by atoms with Crippen LogP contribution in [0.15, 0.2) is 72.6 Å². The standard InChI is InChI=1S/C31H34N4O6/c1-2-40-31-25(11-6-16-36)27(24-10-5-9-23-22-8-4-3-7-20(22)17-26(23)24)18-28(41-31)30(37)33-15-14-32-29-13-12-21(19-34-29)35(38)39/h3-5,7-10,12-13,18-19,25,27,31,36H,2,6,11,14-17H2,1H3,(H,32,34)(H,33,37)/t25-,27-,31-/m0/s1. The van der Waals surface area contributed by atoms with Gasteiger partial charge in [0.1, 0.15) is 12.0 Å². The number of pyridine rings is 1. The average molecular weight is 559 g/mol. The van der Waals surface area contributed by atoms with Crippen LogP contribution in [0.3, 0.4) is 0 Å². The number of aliphatic hydroxyl groups is 1. The van der Waals surface area contributed by atoms with Crippen molar-refractivity contribution >= 4 is 17.4 Å². The van der Waals surface area contributed by atoms with Gasteiger partial charge in [-0.2, -0.15) is 0 Å². The molecule has 1 amide bonds. The number of nitrogens with zero attached hydrogens (tertiary/aromatic N) is 2. The van der Waals surface area contributed by atoms with E-state index in [2.05, 4.69) is 58.1 Å². The Kier molecular flexibility index (Phi) is 8.91. The van der Waals surface area contributed by atoms with E-state index in [-0.39, 0.29) is 42.3 Å². The van der Waals surface area contributed by atoms with E-state index in [0.717, 1.165) is 12.0 Å². The molecule has 2 aliphatic rings. The van der Waals surface area contributed by atoms with Gasteiger partial charge < -0.3 is 25.2 Å². The molecule has 0 saturated carbocycles. The number of carbonyl (C=O) groups is 1. The van der Waals surface area contributed by atoms with E-state index in [4.69, 9.17) is 9.47 Å². The van der Waals surface area contributed by atoms with Gasteiger partial charge in [-0.3, -0.25) is 14.9 Å². The zero-order valence-electron chi connectivity index (χ0n) is 22.9. The van der Waals surface area contributed by atoms with Crippen LogP contribution >= 0.6 is 0 Å². The van der Waals surface area contributed by atoms with Gasteiger partial charge >= 0.3 is 0 Å². The van der Waals surface area contributed by atoms with Crippen LogP contribution in [-0.4, -0.2) is 53.5 Å². The molecule has 10 nitrogen and oxygen atoms in total. The summed E-state index contributed by atoms with van der Waals surface area (Å²) in [6.45, 7) is 3.03. The number of anilines is 1. The average Bonchev–Trinajstić information content (AvgIpc) is 3.37. The molecule has 1 aromatic heterocycles. The fourth-order valence-electron chi connectivity index (χ4n) is 5.67. The van der Waals surface area contributed by atoms with Crippen LogP contribution in [0, 0.1) is 16.0 Å². The third-order valence-electron chi connectivity index (χ3n) is 7.56. The van der Waals surface area contributed by atoms with Gasteiger partial charge in [0.15, 0.2) is 5.76 Å². The third kappa shape index (κ3) is 6.23. The Hall–Kier alpha value is -4.28. The van der Waals surface area contributed by atoms with E-state index in [1.54, 1.807) is 0 Å². The second-order valence-corrected chi connectivity index (χ2v) is 10.1. The number of hydrogen-bond donors (Lipinski definition) is 3. The van der Waals surface area contributed by atoms with Crippen molar-refractivity contribution in [1.29, 1.82) is 0 Å². The van der Waals surface area contributed by atoms with Crippen LogP contribution in [0.25, 0.3) is 11.1 Å². The lowest BCUT2D eigenvalue weighted by Crippen LogP contribution is -2.40. The summed E-state index contributed by atoms with van der Waals surface area (Å²) in [6, 6.07) is 17.7. The maximum atomic E-state index is 13.3. The van der Waals surface area contributed by atoms with Gasteiger partial charge in [0.25, 0.3) is 11.6 Å². The van der Waals surface area contributed by atoms with Gasteiger partial charge in [-0.1, -0.05) is 42.5 Å². The first-order valence-corrected chi connectivity index (χ1v) is 13.9. The number of carbonyl (C=O) groups excluding carboxylic acids is 1. The number of rotatable bonds is 12. The molecule has 1 aliphatic heterocycles. The molecule has 214 valence electrons. The molecule has 41 heavy (non-hydrogen) atoms. The molecule has 0 fully saturated rings. The second-order valence-electron chi connectivity index (χ2n) is 10.1. The van der Waals surface area contributed by atoms with Gasteiger partial charge in [0.2, 0.25) is 6.29 Å². The van der Waals surface area contributed by atoms with Gasteiger partial charge in [0.05, 0.1) is 4.92 Å². The number of nitro groups is 1. The van der Waals surface area contributed by atoms with Crippen molar-refractivity contribution < 1.29 is 24.3 Å². The molecule has 1 aliphatic carbocycles. The zero-order valence-corrected chi connectivity index (χ0v) is 22.9. The fourth-order valence-corrected chi connectivity index (χ4v) is 5.67. The minimum Gasteiger partial charge on any atom is -0.459 e. The number of amides is 1. The topological polar surface area (TPSA) is 136 Å². The molecule has 3 atom stereocenters. The lowest BCUT2D eigenvalue weighted by atomic mass is 9.78. The number of aromatic nitrogens is 1. The Labute approximate surface area is 238 Å². The molecule has 0 spiro atoms. The van der Waals surface area contributed by atoms with Crippen LogP contribution < -0.4 is 10.6 Å². The molecule has 2 aromatic carbocycles. The first kappa shape index (κ1) is 28.3. The normalized spacial score (nSPS) is 19.0. The largest absolute Gasteiger partial charge is 0.459 e. The molecular formula is C31H34N4O6. The number of fused-ring (bicyclic) bond motifs is 3. The van der Waals surface area contributed by atoms with E-state index in [1.807, 2.05) is 13.0 Å². The number of benzene rings is 2. The number of nitrogens with one attached hydrogen (secondary N) is 2. The second kappa shape index (κ2) is 12.9. The quantitative estimate of drug-likeness (QED) is 0.131. The minimum absolute atomic E-state index is 0.0636. The smallest absolute Gasteiger partial charge is 0.287 e. The monoisotopic (exact) mass is 558 g/mol. The van der Waals surface area contributed by atoms with Gasteiger partial charge in [-0.15, -0.1) is 0 Å². The van der Waals surface area contributed by atoms with Crippen LogP contribution in [0.2, 0.25) is 0 Å². The van der Waals surface area contributed by atoms with Crippen LogP contribution in [0.5, 0.6) is 0 Å². The minimum atomic E-state index is -0.635. The van der Waals surface area contributed by atoms with Crippen molar-refractivity contribution in [2.45, 2.75) is 38.4 Å². The molecule has 0 unspecified atom stereocenters. The molecule has 10 heteroatoms. The molecule has 0 radical (unpaired) electrons. The van der Waals surface area contributed by atoms with E-state index >= 15 is 0 Å². The van der Waals surface area contributed by atoms with Crippen molar-refractivity contribution in [3.63, 3.8) is 0 Å².